The lowest BCUT2D eigenvalue weighted by Gasteiger charge is -2.03. The molecular weight excluding hydrogens is 281 g/mol. The molecule has 0 saturated heterocycles. The molecule has 86 valence electrons. The predicted octanol–water partition coefficient (Wildman–Crippen LogP) is 3.14. The number of nitrogens with zero attached hydrogens (tertiary/aromatic N) is 3. The summed E-state index contributed by atoms with van der Waals surface area (Å²) in [5, 5.41) is 1.82. The summed E-state index contributed by atoms with van der Waals surface area (Å²) in [6.07, 6.45) is 3.45. The summed E-state index contributed by atoms with van der Waals surface area (Å²) in [6, 6.07) is 3.44. The summed E-state index contributed by atoms with van der Waals surface area (Å²) in [5.41, 5.74) is 0.260. The Kier molecular flexibility index (Phi) is 3.93. The number of hydrogen-bond acceptors (Lipinski definition) is 5. The van der Waals surface area contributed by atoms with Gasteiger partial charge in [-0.05, 0) is 23.9 Å². The van der Waals surface area contributed by atoms with E-state index in [1.165, 1.54) is 24.3 Å². The minimum absolute atomic E-state index is 0.131. The van der Waals surface area contributed by atoms with Gasteiger partial charge in [0, 0.05) is 6.20 Å². The highest BCUT2D eigenvalue weighted by Crippen LogP contribution is 2.29. The van der Waals surface area contributed by atoms with Crippen LogP contribution < -0.4 is 0 Å². The monoisotopic (exact) mass is 285 g/mol. The first-order valence-electron chi connectivity index (χ1n) is 4.46. The van der Waals surface area contributed by atoms with Crippen LogP contribution in [0, 0.1) is 0 Å². The van der Waals surface area contributed by atoms with Crippen LogP contribution in [0.3, 0.4) is 0 Å². The van der Waals surface area contributed by atoms with Crippen LogP contribution in [-0.2, 0) is 0 Å². The molecule has 0 radical (unpaired) electrons. The molecule has 0 spiro atoms. The van der Waals surface area contributed by atoms with E-state index in [1.54, 1.807) is 12.1 Å². The SMILES string of the molecule is O=Cc1c(Cl)ncnc1Sc1ccc(Cl)cn1. The van der Waals surface area contributed by atoms with E-state index in [0.29, 0.717) is 21.4 Å². The van der Waals surface area contributed by atoms with Crippen molar-refractivity contribution >= 4 is 41.2 Å². The Balaban J connectivity index is 2.33. The third-order valence-electron chi connectivity index (χ3n) is 1.82. The van der Waals surface area contributed by atoms with E-state index in [2.05, 4.69) is 15.0 Å². The number of carbonyl (C=O) groups is 1. The van der Waals surface area contributed by atoms with E-state index in [1.807, 2.05) is 0 Å². The van der Waals surface area contributed by atoms with Crippen LogP contribution in [0.1, 0.15) is 10.4 Å². The van der Waals surface area contributed by atoms with Crippen molar-refractivity contribution in [1.82, 2.24) is 15.0 Å². The quantitative estimate of drug-likeness (QED) is 0.641. The predicted molar refractivity (Wildman–Crippen MR) is 65.8 cm³/mol. The summed E-state index contributed by atoms with van der Waals surface area (Å²) in [6.45, 7) is 0. The molecule has 0 fully saturated rings. The fourth-order valence-electron chi connectivity index (χ4n) is 1.06. The van der Waals surface area contributed by atoms with Crippen molar-refractivity contribution in [3.63, 3.8) is 0 Å². The average Bonchev–Trinajstić information content (AvgIpc) is 2.32. The van der Waals surface area contributed by atoms with Gasteiger partial charge in [-0.3, -0.25) is 4.79 Å². The molecule has 0 aliphatic heterocycles. The Bertz CT molecular complexity index is 548. The molecule has 2 aromatic heterocycles. The molecule has 0 aromatic carbocycles. The number of carbonyl (C=O) groups excluding carboxylic acids is 1. The summed E-state index contributed by atoms with van der Waals surface area (Å²) in [7, 11) is 0. The first-order chi connectivity index (χ1) is 8.20. The van der Waals surface area contributed by atoms with Gasteiger partial charge < -0.3 is 0 Å². The van der Waals surface area contributed by atoms with Gasteiger partial charge in [-0.15, -0.1) is 0 Å². The molecule has 2 heterocycles. The Morgan fingerprint density at radius 1 is 1.18 bits per heavy atom. The van der Waals surface area contributed by atoms with Crippen molar-refractivity contribution in [1.29, 1.82) is 0 Å². The van der Waals surface area contributed by atoms with Gasteiger partial charge in [-0.1, -0.05) is 23.2 Å². The van der Waals surface area contributed by atoms with Crippen LogP contribution in [0.5, 0.6) is 0 Å². The molecular formula is C10H5Cl2N3OS. The van der Waals surface area contributed by atoms with E-state index < -0.39 is 0 Å². The zero-order valence-corrected chi connectivity index (χ0v) is 10.6. The highest BCUT2D eigenvalue weighted by atomic mass is 35.5. The molecule has 4 nitrogen and oxygen atoms in total. The molecule has 0 atom stereocenters. The summed E-state index contributed by atoms with van der Waals surface area (Å²) in [4.78, 5) is 22.7. The van der Waals surface area contributed by atoms with Crippen molar-refractivity contribution in [2.45, 2.75) is 10.1 Å². The molecule has 0 saturated carbocycles. The third-order valence-corrected chi connectivity index (χ3v) is 3.31. The van der Waals surface area contributed by atoms with Gasteiger partial charge in [0.1, 0.15) is 21.5 Å². The first kappa shape index (κ1) is 12.3. The molecule has 2 aromatic rings. The van der Waals surface area contributed by atoms with Gasteiger partial charge >= 0.3 is 0 Å². The summed E-state index contributed by atoms with van der Waals surface area (Å²) >= 11 is 12.7. The average molecular weight is 286 g/mol. The molecule has 0 amide bonds. The minimum atomic E-state index is 0.131. The standard InChI is InChI=1S/C10H5Cl2N3OS/c11-6-1-2-8(13-3-6)17-10-7(4-16)9(12)14-5-15-10/h1-5H. The lowest BCUT2D eigenvalue weighted by atomic mass is 10.4. The van der Waals surface area contributed by atoms with Gasteiger partial charge in [0.25, 0.3) is 0 Å². The molecule has 0 bridgehead atoms. The van der Waals surface area contributed by atoms with Crippen molar-refractivity contribution in [3.8, 4) is 0 Å². The second-order valence-corrected chi connectivity index (χ2v) is 4.72. The zero-order valence-electron chi connectivity index (χ0n) is 8.30. The summed E-state index contributed by atoms with van der Waals surface area (Å²) < 4.78 is 0. The van der Waals surface area contributed by atoms with E-state index in [9.17, 15) is 4.79 Å². The number of pyridine rings is 1. The highest BCUT2D eigenvalue weighted by Gasteiger charge is 2.10. The lowest BCUT2D eigenvalue weighted by molar-refractivity contribution is 0.112. The molecule has 0 aliphatic carbocycles. The maximum Gasteiger partial charge on any atom is 0.155 e. The minimum Gasteiger partial charge on any atom is -0.298 e. The topological polar surface area (TPSA) is 55.7 Å². The maximum atomic E-state index is 10.9. The smallest absolute Gasteiger partial charge is 0.155 e. The van der Waals surface area contributed by atoms with Crippen LogP contribution >= 0.6 is 35.0 Å². The van der Waals surface area contributed by atoms with Crippen molar-refractivity contribution in [2.24, 2.45) is 0 Å². The van der Waals surface area contributed by atoms with Crippen LogP contribution in [0.15, 0.2) is 34.7 Å². The normalized spacial score (nSPS) is 10.2. The third kappa shape index (κ3) is 2.94. The van der Waals surface area contributed by atoms with Crippen LogP contribution in [0.4, 0.5) is 0 Å². The number of halogens is 2. The molecule has 0 unspecified atom stereocenters. The summed E-state index contributed by atoms with van der Waals surface area (Å²) in [5.74, 6) is 0. The maximum absolute atomic E-state index is 10.9. The first-order valence-corrected chi connectivity index (χ1v) is 6.03. The van der Waals surface area contributed by atoms with Gasteiger partial charge in [-0.2, -0.15) is 0 Å². The van der Waals surface area contributed by atoms with E-state index in [-0.39, 0.29) is 10.7 Å². The highest BCUT2D eigenvalue weighted by molar-refractivity contribution is 7.99. The fraction of sp³-hybridized carbons (Fsp3) is 0. The molecule has 7 heteroatoms. The van der Waals surface area contributed by atoms with Gasteiger partial charge in [0.15, 0.2) is 6.29 Å². The Hall–Kier alpha value is -1.17. The number of hydrogen-bond donors (Lipinski definition) is 0. The number of rotatable bonds is 3. The van der Waals surface area contributed by atoms with Crippen LogP contribution in [0.25, 0.3) is 0 Å². The molecule has 0 aliphatic rings. The molecule has 0 N–H and O–H groups in total. The largest absolute Gasteiger partial charge is 0.298 e. The second-order valence-electron chi connectivity index (χ2n) is 2.92. The number of aldehydes is 1. The van der Waals surface area contributed by atoms with E-state index in [0.717, 1.165) is 0 Å². The Labute approximate surface area is 111 Å². The van der Waals surface area contributed by atoms with Crippen molar-refractivity contribution in [2.75, 3.05) is 0 Å². The fourth-order valence-corrected chi connectivity index (χ4v) is 2.20. The Morgan fingerprint density at radius 3 is 2.65 bits per heavy atom. The van der Waals surface area contributed by atoms with Crippen LogP contribution in [-0.4, -0.2) is 21.2 Å². The van der Waals surface area contributed by atoms with Gasteiger partial charge in [-0.25, -0.2) is 15.0 Å². The van der Waals surface area contributed by atoms with Crippen molar-refractivity contribution < 1.29 is 4.79 Å². The van der Waals surface area contributed by atoms with Gasteiger partial charge in [0.2, 0.25) is 0 Å². The van der Waals surface area contributed by atoms with Gasteiger partial charge in [0.05, 0.1) is 10.6 Å². The molecule has 17 heavy (non-hydrogen) atoms. The van der Waals surface area contributed by atoms with Crippen molar-refractivity contribution in [3.05, 3.63) is 40.4 Å². The van der Waals surface area contributed by atoms with E-state index >= 15 is 0 Å². The number of aromatic nitrogens is 3. The zero-order chi connectivity index (χ0) is 12.3. The second kappa shape index (κ2) is 5.44. The molecule has 2 rings (SSSR count). The Morgan fingerprint density at radius 2 is 2.00 bits per heavy atom. The van der Waals surface area contributed by atoms with E-state index in [4.69, 9.17) is 23.2 Å². The van der Waals surface area contributed by atoms with Crippen LogP contribution in [0.2, 0.25) is 10.2 Å². The lowest BCUT2D eigenvalue weighted by Crippen LogP contribution is -1.94.